The number of hydrogen-bond donors (Lipinski definition) is 2. The van der Waals surface area contributed by atoms with Gasteiger partial charge in [0.1, 0.15) is 11.6 Å². The van der Waals surface area contributed by atoms with Crippen molar-refractivity contribution in [3.05, 3.63) is 45.9 Å². The van der Waals surface area contributed by atoms with Crippen LogP contribution >= 0.6 is 15.9 Å². The Kier molecular flexibility index (Phi) is 5.32. The van der Waals surface area contributed by atoms with E-state index in [1.165, 1.54) is 12.1 Å². The summed E-state index contributed by atoms with van der Waals surface area (Å²) in [5.41, 5.74) is 1.15. The van der Waals surface area contributed by atoms with Gasteiger partial charge < -0.3 is 10.1 Å². The Morgan fingerprint density at radius 3 is 2.76 bits per heavy atom. The van der Waals surface area contributed by atoms with Crippen LogP contribution in [0.25, 0.3) is 0 Å². The van der Waals surface area contributed by atoms with E-state index in [1.807, 2.05) is 6.92 Å². The van der Waals surface area contributed by atoms with Crippen LogP contribution in [-0.2, 0) is 0 Å². The van der Waals surface area contributed by atoms with Gasteiger partial charge in [0.25, 0.3) is 5.91 Å². The lowest BCUT2D eigenvalue weighted by Gasteiger charge is -2.06. The number of carbonyl (C=O) groups is 1. The Morgan fingerprint density at radius 2 is 2.14 bits per heavy atom. The number of nitrogens with one attached hydrogen (secondary N) is 2. The lowest BCUT2D eigenvalue weighted by atomic mass is 10.3. The highest BCUT2D eigenvalue weighted by Gasteiger charge is 2.14. The van der Waals surface area contributed by atoms with Gasteiger partial charge in [-0.25, -0.2) is 4.39 Å². The third-order valence-electron chi connectivity index (χ3n) is 2.78. The zero-order valence-corrected chi connectivity index (χ0v) is 13.0. The first-order chi connectivity index (χ1) is 10.1. The standard InChI is InChI=1S/C14H15BrFN3O2/c1-9-12(15)13(19-18-9)14(20)17-7-2-8-21-11-5-3-10(16)4-6-11/h3-6H,2,7-8H2,1H3,(H,17,20)(H,18,19). The number of aromatic amines is 1. The molecule has 2 N–H and O–H groups in total. The highest BCUT2D eigenvalue weighted by Crippen LogP contribution is 2.17. The third-order valence-corrected chi connectivity index (χ3v) is 3.75. The van der Waals surface area contributed by atoms with E-state index in [4.69, 9.17) is 4.74 Å². The van der Waals surface area contributed by atoms with Crippen LogP contribution in [0.4, 0.5) is 4.39 Å². The lowest BCUT2D eigenvalue weighted by Crippen LogP contribution is -2.26. The van der Waals surface area contributed by atoms with Crippen molar-refractivity contribution in [2.45, 2.75) is 13.3 Å². The van der Waals surface area contributed by atoms with Gasteiger partial charge in [-0.1, -0.05) is 0 Å². The van der Waals surface area contributed by atoms with Crippen molar-refractivity contribution < 1.29 is 13.9 Å². The number of hydrogen-bond acceptors (Lipinski definition) is 3. The van der Waals surface area contributed by atoms with Crippen molar-refractivity contribution in [1.29, 1.82) is 0 Å². The predicted octanol–water partition coefficient (Wildman–Crippen LogP) is 2.82. The van der Waals surface area contributed by atoms with E-state index in [-0.39, 0.29) is 11.7 Å². The molecular weight excluding hydrogens is 341 g/mol. The molecule has 0 aliphatic rings. The van der Waals surface area contributed by atoms with E-state index < -0.39 is 0 Å². The van der Waals surface area contributed by atoms with Crippen molar-refractivity contribution in [3.63, 3.8) is 0 Å². The maximum atomic E-state index is 12.7. The molecule has 0 bridgehead atoms. The Morgan fingerprint density at radius 1 is 1.43 bits per heavy atom. The summed E-state index contributed by atoms with van der Waals surface area (Å²) in [5.74, 6) is 0.0656. The number of rotatable bonds is 6. The fraction of sp³-hybridized carbons (Fsp3) is 0.286. The van der Waals surface area contributed by atoms with Crippen LogP contribution in [0, 0.1) is 12.7 Å². The van der Waals surface area contributed by atoms with E-state index in [0.717, 1.165) is 5.69 Å². The number of benzene rings is 1. The second kappa shape index (κ2) is 7.21. The van der Waals surface area contributed by atoms with Crippen molar-refractivity contribution in [2.75, 3.05) is 13.2 Å². The topological polar surface area (TPSA) is 67.0 Å². The Balaban J connectivity index is 1.69. The maximum Gasteiger partial charge on any atom is 0.272 e. The molecule has 1 aromatic carbocycles. The average Bonchev–Trinajstić information content (AvgIpc) is 2.80. The quantitative estimate of drug-likeness (QED) is 0.783. The summed E-state index contributed by atoms with van der Waals surface area (Å²) >= 11 is 3.30. The Labute approximate surface area is 130 Å². The fourth-order valence-corrected chi connectivity index (χ4v) is 2.00. The first-order valence-corrected chi connectivity index (χ1v) is 7.24. The third kappa shape index (κ3) is 4.29. The molecule has 21 heavy (non-hydrogen) atoms. The van der Waals surface area contributed by atoms with Crippen molar-refractivity contribution in [3.8, 4) is 5.75 Å². The predicted molar refractivity (Wildman–Crippen MR) is 79.9 cm³/mol. The molecule has 0 unspecified atom stereocenters. The van der Waals surface area contributed by atoms with Gasteiger partial charge in [0.15, 0.2) is 5.69 Å². The maximum absolute atomic E-state index is 12.7. The smallest absolute Gasteiger partial charge is 0.272 e. The summed E-state index contributed by atoms with van der Waals surface area (Å²) in [6.45, 7) is 2.73. The normalized spacial score (nSPS) is 10.4. The number of ether oxygens (including phenoxy) is 1. The SMILES string of the molecule is Cc1[nH]nc(C(=O)NCCCOc2ccc(F)cc2)c1Br. The van der Waals surface area contributed by atoms with Gasteiger partial charge in [-0.2, -0.15) is 5.10 Å². The van der Waals surface area contributed by atoms with Gasteiger partial charge in [0, 0.05) is 12.2 Å². The lowest BCUT2D eigenvalue weighted by molar-refractivity contribution is 0.0945. The van der Waals surface area contributed by atoms with E-state index >= 15 is 0 Å². The highest BCUT2D eigenvalue weighted by atomic mass is 79.9. The van der Waals surface area contributed by atoms with Crippen LogP contribution in [0.2, 0.25) is 0 Å². The minimum atomic E-state index is -0.297. The zero-order valence-electron chi connectivity index (χ0n) is 11.5. The van der Waals surface area contributed by atoms with E-state index in [9.17, 15) is 9.18 Å². The van der Waals surface area contributed by atoms with Crippen LogP contribution < -0.4 is 10.1 Å². The molecule has 5 nitrogen and oxygen atoms in total. The van der Waals surface area contributed by atoms with Gasteiger partial charge >= 0.3 is 0 Å². The zero-order chi connectivity index (χ0) is 15.2. The van der Waals surface area contributed by atoms with Crippen LogP contribution in [0.15, 0.2) is 28.7 Å². The van der Waals surface area contributed by atoms with Crippen LogP contribution in [-0.4, -0.2) is 29.3 Å². The van der Waals surface area contributed by atoms with Crippen LogP contribution in [0.3, 0.4) is 0 Å². The fourth-order valence-electron chi connectivity index (χ4n) is 1.64. The number of H-pyrrole nitrogens is 1. The van der Waals surface area contributed by atoms with E-state index in [2.05, 4.69) is 31.4 Å². The molecule has 1 amide bonds. The second-order valence-electron chi connectivity index (χ2n) is 4.42. The van der Waals surface area contributed by atoms with Gasteiger partial charge in [-0.3, -0.25) is 9.89 Å². The summed E-state index contributed by atoms with van der Waals surface area (Å²) in [7, 11) is 0. The average molecular weight is 356 g/mol. The molecule has 2 aromatic rings. The van der Waals surface area contributed by atoms with Crippen molar-refractivity contribution in [1.82, 2.24) is 15.5 Å². The molecule has 0 aliphatic heterocycles. The molecule has 0 saturated heterocycles. The van der Waals surface area contributed by atoms with Gasteiger partial charge in [0.05, 0.1) is 11.1 Å². The first-order valence-electron chi connectivity index (χ1n) is 6.45. The molecule has 2 rings (SSSR count). The minimum absolute atomic E-state index is 0.243. The number of aromatic nitrogens is 2. The number of nitrogens with zero attached hydrogens (tertiary/aromatic N) is 1. The molecule has 112 valence electrons. The monoisotopic (exact) mass is 355 g/mol. The molecule has 1 heterocycles. The highest BCUT2D eigenvalue weighted by molar-refractivity contribution is 9.10. The first kappa shape index (κ1) is 15.5. The summed E-state index contributed by atoms with van der Waals surface area (Å²) in [4.78, 5) is 11.8. The van der Waals surface area contributed by atoms with Gasteiger partial charge in [0.2, 0.25) is 0 Å². The molecule has 0 atom stereocenters. The molecule has 0 aliphatic carbocycles. The summed E-state index contributed by atoms with van der Waals surface area (Å²) < 4.78 is 18.8. The number of halogens is 2. The summed E-state index contributed by atoms with van der Waals surface area (Å²) in [6, 6.07) is 5.82. The Hall–Kier alpha value is -1.89. The summed E-state index contributed by atoms with van der Waals surface area (Å²) in [6.07, 6.45) is 0.643. The van der Waals surface area contributed by atoms with Gasteiger partial charge in [-0.15, -0.1) is 0 Å². The molecule has 1 aromatic heterocycles. The minimum Gasteiger partial charge on any atom is -0.494 e. The number of carbonyl (C=O) groups excluding carboxylic acids is 1. The van der Waals surface area contributed by atoms with Crippen molar-refractivity contribution in [2.24, 2.45) is 0 Å². The van der Waals surface area contributed by atoms with Crippen molar-refractivity contribution >= 4 is 21.8 Å². The molecule has 7 heteroatoms. The molecule has 0 saturated carbocycles. The van der Waals surface area contributed by atoms with Gasteiger partial charge in [-0.05, 0) is 53.5 Å². The largest absolute Gasteiger partial charge is 0.494 e. The molecule has 0 radical (unpaired) electrons. The van der Waals surface area contributed by atoms with E-state index in [0.29, 0.717) is 35.5 Å². The van der Waals surface area contributed by atoms with Crippen LogP contribution in [0.1, 0.15) is 22.6 Å². The number of aryl methyl sites for hydroxylation is 1. The van der Waals surface area contributed by atoms with E-state index in [1.54, 1.807) is 12.1 Å². The molecule has 0 fully saturated rings. The Bertz CT molecular complexity index is 613. The van der Waals surface area contributed by atoms with Crippen LogP contribution in [0.5, 0.6) is 5.75 Å². The number of amides is 1. The molecular formula is C14H15BrFN3O2. The molecule has 0 spiro atoms. The second-order valence-corrected chi connectivity index (χ2v) is 5.22. The summed E-state index contributed by atoms with van der Waals surface area (Å²) in [5, 5.41) is 9.41.